The lowest BCUT2D eigenvalue weighted by molar-refractivity contribution is -0.127. The summed E-state index contributed by atoms with van der Waals surface area (Å²) < 4.78 is 7.50. The van der Waals surface area contributed by atoms with Crippen molar-refractivity contribution in [2.45, 2.75) is 13.0 Å². The highest BCUT2D eigenvalue weighted by molar-refractivity contribution is 9.11. The zero-order valence-electron chi connectivity index (χ0n) is 11.0. The summed E-state index contributed by atoms with van der Waals surface area (Å²) in [5, 5.41) is 3.91. The molecule has 1 amide bonds. The van der Waals surface area contributed by atoms with Crippen molar-refractivity contribution in [3.05, 3.63) is 49.5 Å². The molecule has 21 heavy (non-hydrogen) atoms. The fourth-order valence-electron chi connectivity index (χ4n) is 1.42. The van der Waals surface area contributed by atoms with Crippen LogP contribution in [-0.4, -0.2) is 18.2 Å². The van der Waals surface area contributed by atoms with Crippen LogP contribution in [0.5, 0.6) is 5.75 Å². The standard InChI is InChI=1S/C14H12Br2N2O2S/c1-9(20-11-4-2-10(15)3-5-11)14(19)18-17-8-12-6-7-13(16)21-12/h2-9H,1H3,(H,18,19). The molecule has 0 bridgehead atoms. The van der Waals surface area contributed by atoms with E-state index in [1.165, 1.54) is 11.3 Å². The Hall–Kier alpha value is -1.18. The molecule has 2 rings (SSSR count). The first-order valence-corrected chi connectivity index (χ1v) is 8.45. The third-order valence-corrected chi connectivity index (χ3v) is 4.54. The molecule has 1 aromatic carbocycles. The number of carbonyl (C=O) groups is 1. The van der Waals surface area contributed by atoms with E-state index in [2.05, 4.69) is 42.4 Å². The zero-order chi connectivity index (χ0) is 15.2. The van der Waals surface area contributed by atoms with Crippen molar-refractivity contribution in [3.8, 4) is 5.75 Å². The number of benzene rings is 1. The molecule has 0 aliphatic carbocycles. The Labute approximate surface area is 143 Å². The molecule has 7 heteroatoms. The number of halogens is 2. The number of hydrogen-bond acceptors (Lipinski definition) is 4. The van der Waals surface area contributed by atoms with Gasteiger partial charge in [0.1, 0.15) is 5.75 Å². The van der Waals surface area contributed by atoms with E-state index < -0.39 is 6.10 Å². The van der Waals surface area contributed by atoms with Gasteiger partial charge in [-0.3, -0.25) is 4.79 Å². The number of carbonyl (C=O) groups excluding carboxylic acids is 1. The van der Waals surface area contributed by atoms with Crippen LogP contribution in [0.25, 0.3) is 0 Å². The normalized spacial score (nSPS) is 12.3. The minimum absolute atomic E-state index is 0.301. The fourth-order valence-corrected chi connectivity index (χ4v) is 2.98. The molecule has 0 aliphatic heterocycles. The Balaban J connectivity index is 1.85. The zero-order valence-corrected chi connectivity index (χ0v) is 15.0. The smallest absolute Gasteiger partial charge is 0.280 e. The van der Waals surface area contributed by atoms with Crippen LogP contribution in [-0.2, 0) is 4.79 Å². The van der Waals surface area contributed by atoms with E-state index in [1.807, 2.05) is 24.3 Å². The Kier molecular flexibility index (Phi) is 5.96. The maximum Gasteiger partial charge on any atom is 0.280 e. The maximum atomic E-state index is 11.8. The Morgan fingerprint density at radius 3 is 2.62 bits per heavy atom. The molecule has 0 fully saturated rings. The average Bonchev–Trinajstić information content (AvgIpc) is 2.87. The second kappa shape index (κ2) is 7.72. The molecule has 1 heterocycles. The molecule has 0 saturated heterocycles. The van der Waals surface area contributed by atoms with Crippen LogP contribution in [0.15, 0.2) is 49.8 Å². The third kappa shape index (κ3) is 5.26. The van der Waals surface area contributed by atoms with Gasteiger partial charge < -0.3 is 4.74 Å². The molecule has 4 nitrogen and oxygen atoms in total. The molecule has 110 valence electrons. The minimum atomic E-state index is -0.626. The Morgan fingerprint density at radius 2 is 2.00 bits per heavy atom. The summed E-state index contributed by atoms with van der Waals surface area (Å²) in [7, 11) is 0. The van der Waals surface area contributed by atoms with E-state index in [0.717, 1.165) is 13.1 Å². The van der Waals surface area contributed by atoms with Crippen molar-refractivity contribution in [3.63, 3.8) is 0 Å². The van der Waals surface area contributed by atoms with Gasteiger partial charge in [-0.05, 0) is 59.3 Å². The predicted octanol–water partition coefficient (Wildman–Crippen LogP) is 4.19. The number of ether oxygens (including phenoxy) is 1. The predicted molar refractivity (Wildman–Crippen MR) is 92.0 cm³/mol. The van der Waals surface area contributed by atoms with Gasteiger partial charge in [-0.15, -0.1) is 11.3 Å². The van der Waals surface area contributed by atoms with Gasteiger partial charge in [0.15, 0.2) is 6.10 Å². The molecule has 0 saturated carbocycles. The van der Waals surface area contributed by atoms with Crippen LogP contribution < -0.4 is 10.2 Å². The van der Waals surface area contributed by atoms with E-state index in [9.17, 15) is 4.79 Å². The van der Waals surface area contributed by atoms with Gasteiger partial charge in [0.25, 0.3) is 5.91 Å². The molecule has 0 aliphatic rings. The number of nitrogens with one attached hydrogen (secondary N) is 1. The lowest BCUT2D eigenvalue weighted by Crippen LogP contribution is -2.33. The van der Waals surface area contributed by atoms with Crippen molar-refractivity contribution >= 4 is 55.3 Å². The SMILES string of the molecule is CC(Oc1ccc(Br)cc1)C(=O)NN=Cc1ccc(Br)s1. The fraction of sp³-hybridized carbons (Fsp3) is 0.143. The summed E-state index contributed by atoms with van der Waals surface area (Å²) in [6.07, 6.45) is 0.970. The summed E-state index contributed by atoms with van der Waals surface area (Å²) in [5.41, 5.74) is 2.46. The molecule has 1 aromatic heterocycles. The molecule has 0 spiro atoms. The van der Waals surface area contributed by atoms with Crippen molar-refractivity contribution in [2.75, 3.05) is 0 Å². The van der Waals surface area contributed by atoms with Gasteiger partial charge in [0, 0.05) is 9.35 Å². The van der Waals surface area contributed by atoms with Gasteiger partial charge in [-0.2, -0.15) is 5.10 Å². The van der Waals surface area contributed by atoms with Gasteiger partial charge in [-0.1, -0.05) is 15.9 Å². The summed E-state index contributed by atoms with van der Waals surface area (Å²) in [4.78, 5) is 12.8. The summed E-state index contributed by atoms with van der Waals surface area (Å²) >= 11 is 8.24. The van der Waals surface area contributed by atoms with Crippen LogP contribution in [0.4, 0.5) is 0 Å². The van der Waals surface area contributed by atoms with E-state index in [4.69, 9.17) is 4.74 Å². The molecule has 1 N–H and O–H groups in total. The van der Waals surface area contributed by atoms with E-state index in [-0.39, 0.29) is 5.91 Å². The van der Waals surface area contributed by atoms with Crippen molar-refractivity contribution in [1.82, 2.24) is 5.43 Å². The highest BCUT2D eigenvalue weighted by Gasteiger charge is 2.13. The number of hydrazone groups is 1. The van der Waals surface area contributed by atoms with Crippen molar-refractivity contribution < 1.29 is 9.53 Å². The number of rotatable bonds is 5. The first-order chi connectivity index (χ1) is 10.0. The van der Waals surface area contributed by atoms with Crippen LogP contribution in [0.1, 0.15) is 11.8 Å². The van der Waals surface area contributed by atoms with Gasteiger partial charge in [-0.25, -0.2) is 5.43 Å². The first-order valence-electron chi connectivity index (χ1n) is 6.05. The number of thiophene rings is 1. The highest BCUT2D eigenvalue weighted by atomic mass is 79.9. The van der Waals surface area contributed by atoms with Crippen molar-refractivity contribution in [1.29, 1.82) is 0 Å². The first kappa shape index (κ1) is 16.2. The molecular formula is C14H12Br2N2O2S. The Morgan fingerprint density at radius 1 is 1.29 bits per heavy atom. The number of amides is 1. The van der Waals surface area contributed by atoms with Crippen LogP contribution >= 0.6 is 43.2 Å². The lowest BCUT2D eigenvalue weighted by atomic mass is 10.3. The topological polar surface area (TPSA) is 50.7 Å². The van der Waals surface area contributed by atoms with Gasteiger partial charge >= 0.3 is 0 Å². The highest BCUT2D eigenvalue weighted by Crippen LogP contribution is 2.20. The maximum absolute atomic E-state index is 11.8. The van der Waals surface area contributed by atoms with Gasteiger partial charge in [0.05, 0.1) is 10.0 Å². The molecule has 0 radical (unpaired) electrons. The molecule has 2 aromatic rings. The van der Waals surface area contributed by atoms with E-state index in [0.29, 0.717) is 5.75 Å². The number of hydrogen-bond donors (Lipinski definition) is 1. The quantitative estimate of drug-likeness (QED) is 0.569. The molecule has 1 unspecified atom stereocenters. The largest absolute Gasteiger partial charge is 0.481 e. The lowest BCUT2D eigenvalue weighted by Gasteiger charge is -2.12. The Bertz CT molecular complexity index is 641. The summed E-state index contributed by atoms with van der Waals surface area (Å²) in [6, 6.07) is 11.1. The summed E-state index contributed by atoms with van der Waals surface area (Å²) in [6.45, 7) is 1.68. The second-order valence-corrected chi connectivity index (χ2v) is 7.50. The number of nitrogens with zero attached hydrogens (tertiary/aromatic N) is 1. The van der Waals surface area contributed by atoms with E-state index in [1.54, 1.807) is 25.3 Å². The minimum Gasteiger partial charge on any atom is -0.481 e. The second-order valence-electron chi connectivity index (χ2n) is 4.09. The van der Waals surface area contributed by atoms with Crippen molar-refractivity contribution in [2.24, 2.45) is 5.10 Å². The third-order valence-electron chi connectivity index (χ3n) is 2.46. The van der Waals surface area contributed by atoms with Crippen LogP contribution in [0.2, 0.25) is 0 Å². The molecular weight excluding hydrogens is 420 g/mol. The van der Waals surface area contributed by atoms with Crippen LogP contribution in [0, 0.1) is 0 Å². The van der Waals surface area contributed by atoms with E-state index >= 15 is 0 Å². The average molecular weight is 432 g/mol. The van der Waals surface area contributed by atoms with Crippen LogP contribution in [0.3, 0.4) is 0 Å². The van der Waals surface area contributed by atoms with Gasteiger partial charge in [0.2, 0.25) is 0 Å². The molecule has 1 atom stereocenters. The summed E-state index contributed by atoms with van der Waals surface area (Å²) in [5.74, 6) is 0.330. The monoisotopic (exact) mass is 430 g/mol.